The molecule has 0 aromatic rings. The molecule has 4 nitrogen and oxygen atoms in total. The van der Waals surface area contributed by atoms with Gasteiger partial charge >= 0.3 is 0 Å². The Balaban J connectivity index is 2.21. The van der Waals surface area contributed by atoms with E-state index in [9.17, 15) is 13.0 Å². The topological polar surface area (TPSA) is 80.4 Å². The van der Waals surface area contributed by atoms with Crippen LogP contribution in [0, 0.1) is 5.92 Å². The second-order valence-electron chi connectivity index (χ2n) is 5.85. The summed E-state index contributed by atoms with van der Waals surface area (Å²) in [6.07, 6.45) is 3.86. The largest absolute Gasteiger partial charge is 0.325 e. The Hall–Kier alpha value is -0.390. The lowest BCUT2D eigenvalue weighted by Crippen LogP contribution is -2.38. The van der Waals surface area contributed by atoms with Crippen molar-refractivity contribution in [2.24, 2.45) is 11.7 Å². The minimum atomic E-state index is -3.97. The monoisotopic (exact) mass is 259 g/mol. The first-order valence-electron chi connectivity index (χ1n) is 6.12. The summed E-state index contributed by atoms with van der Waals surface area (Å²) >= 11 is 0. The van der Waals surface area contributed by atoms with E-state index in [-0.39, 0.29) is 11.5 Å². The van der Waals surface area contributed by atoms with Gasteiger partial charge in [0.05, 0.1) is 5.25 Å². The maximum absolute atomic E-state index is 11.4. The standard InChI is InChI=1S/C12H21NO3S/c1-8-5-10(7-12(13)3-4-12)11(6-9(8)2)17(14,15)16/h10-11H,3-7,13H2,1-2H3,(H,14,15,16). The van der Waals surface area contributed by atoms with Gasteiger partial charge in [0.2, 0.25) is 0 Å². The van der Waals surface area contributed by atoms with E-state index in [0.717, 1.165) is 24.8 Å². The lowest BCUT2D eigenvalue weighted by atomic mass is 9.81. The van der Waals surface area contributed by atoms with E-state index in [1.165, 1.54) is 5.57 Å². The van der Waals surface area contributed by atoms with Crippen LogP contribution in [0.2, 0.25) is 0 Å². The van der Waals surface area contributed by atoms with Gasteiger partial charge in [-0.3, -0.25) is 4.55 Å². The highest BCUT2D eigenvalue weighted by Crippen LogP contribution is 2.44. The van der Waals surface area contributed by atoms with Crippen molar-refractivity contribution in [3.8, 4) is 0 Å². The summed E-state index contributed by atoms with van der Waals surface area (Å²) in [7, 11) is -3.97. The molecule has 0 saturated heterocycles. The van der Waals surface area contributed by atoms with Crippen molar-refractivity contribution in [3.05, 3.63) is 11.1 Å². The predicted molar refractivity (Wildman–Crippen MR) is 67.2 cm³/mol. The molecule has 0 spiro atoms. The Bertz CT molecular complexity index is 448. The summed E-state index contributed by atoms with van der Waals surface area (Å²) in [6.45, 7) is 3.98. The average Bonchev–Trinajstić information content (AvgIpc) is 2.88. The first-order chi connectivity index (χ1) is 7.71. The van der Waals surface area contributed by atoms with Crippen molar-refractivity contribution in [3.63, 3.8) is 0 Å². The molecule has 17 heavy (non-hydrogen) atoms. The minimum absolute atomic E-state index is 0.0267. The third-order valence-corrected chi connectivity index (χ3v) is 5.59. The van der Waals surface area contributed by atoms with E-state index in [2.05, 4.69) is 0 Å². The number of rotatable bonds is 3. The fourth-order valence-corrected chi connectivity index (χ4v) is 3.92. The molecule has 0 aliphatic heterocycles. The van der Waals surface area contributed by atoms with Gasteiger partial charge in [0.25, 0.3) is 10.1 Å². The minimum Gasteiger partial charge on any atom is -0.325 e. The molecule has 98 valence electrons. The van der Waals surface area contributed by atoms with Gasteiger partial charge in [0.15, 0.2) is 0 Å². The zero-order chi connectivity index (χ0) is 12.8. The Morgan fingerprint density at radius 3 is 2.29 bits per heavy atom. The van der Waals surface area contributed by atoms with Gasteiger partial charge < -0.3 is 5.73 Å². The van der Waals surface area contributed by atoms with E-state index >= 15 is 0 Å². The molecule has 1 fully saturated rings. The van der Waals surface area contributed by atoms with Gasteiger partial charge in [-0.25, -0.2) is 0 Å². The zero-order valence-corrected chi connectivity index (χ0v) is 11.3. The van der Waals surface area contributed by atoms with E-state index in [0.29, 0.717) is 12.8 Å². The summed E-state index contributed by atoms with van der Waals surface area (Å²) in [5.41, 5.74) is 8.24. The van der Waals surface area contributed by atoms with Gasteiger partial charge in [-0.1, -0.05) is 11.1 Å². The molecule has 0 amide bonds. The van der Waals surface area contributed by atoms with Crippen LogP contribution in [0.25, 0.3) is 0 Å². The van der Waals surface area contributed by atoms with Crippen LogP contribution in [0.4, 0.5) is 0 Å². The molecule has 2 aliphatic carbocycles. The third-order valence-electron chi connectivity index (χ3n) is 4.27. The normalized spacial score (nSPS) is 32.7. The molecule has 2 aliphatic rings. The molecule has 2 unspecified atom stereocenters. The molecule has 0 heterocycles. The lowest BCUT2D eigenvalue weighted by molar-refractivity contribution is 0.354. The second-order valence-corrected chi connectivity index (χ2v) is 7.48. The Morgan fingerprint density at radius 2 is 1.82 bits per heavy atom. The highest BCUT2D eigenvalue weighted by molar-refractivity contribution is 7.86. The molecule has 0 bridgehead atoms. The van der Waals surface area contributed by atoms with Crippen LogP contribution in [0.15, 0.2) is 11.1 Å². The molecule has 0 aromatic heterocycles. The molecule has 3 N–H and O–H groups in total. The van der Waals surface area contributed by atoms with Crippen molar-refractivity contribution in [1.82, 2.24) is 0 Å². The highest BCUT2D eigenvalue weighted by atomic mass is 32.2. The van der Waals surface area contributed by atoms with Gasteiger partial charge in [-0.15, -0.1) is 0 Å². The molecule has 2 rings (SSSR count). The van der Waals surface area contributed by atoms with Gasteiger partial charge in [0, 0.05) is 5.54 Å². The van der Waals surface area contributed by atoms with Crippen LogP contribution in [-0.4, -0.2) is 23.8 Å². The first kappa shape index (κ1) is 13.1. The Morgan fingerprint density at radius 1 is 1.29 bits per heavy atom. The van der Waals surface area contributed by atoms with Crippen molar-refractivity contribution >= 4 is 10.1 Å². The molecular weight excluding hydrogens is 238 g/mol. The molecule has 0 aromatic carbocycles. The van der Waals surface area contributed by atoms with Crippen molar-refractivity contribution < 1.29 is 13.0 Å². The van der Waals surface area contributed by atoms with Crippen molar-refractivity contribution in [2.75, 3.05) is 0 Å². The summed E-state index contributed by atoms with van der Waals surface area (Å²) in [5, 5.41) is -0.660. The van der Waals surface area contributed by atoms with E-state index in [1.807, 2.05) is 13.8 Å². The number of nitrogens with two attached hydrogens (primary N) is 1. The molecule has 5 heteroatoms. The Labute approximate surface area is 103 Å². The van der Waals surface area contributed by atoms with Crippen LogP contribution in [0.3, 0.4) is 0 Å². The zero-order valence-electron chi connectivity index (χ0n) is 10.4. The van der Waals surface area contributed by atoms with Crippen LogP contribution in [0.1, 0.15) is 46.0 Å². The van der Waals surface area contributed by atoms with E-state index in [1.54, 1.807) is 0 Å². The maximum atomic E-state index is 11.4. The average molecular weight is 259 g/mol. The Kier molecular flexibility index (Phi) is 3.13. The maximum Gasteiger partial charge on any atom is 0.268 e. The van der Waals surface area contributed by atoms with Crippen LogP contribution >= 0.6 is 0 Å². The van der Waals surface area contributed by atoms with E-state index < -0.39 is 15.4 Å². The SMILES string of the molecule is CC1=C(C)CC(S(=O)(=O)O)C(CC2(N)CC2)C1. The van der Waals surface area contributed by atoms with Crippen LogP contribution in [-0.2, 0) is 10.1 Å². The van der Waals surface area contributed by atoms with Gasteiger partial charge in [-0.05, 0) is 51.9 Å². The molecule has 1 saturated carbocycles. The molecule has 0 radical (unpaired) electrons. The van der Waals surface area contributed by atoms with Crippen molar-refractivity contribution in [2.45, 2.75) is 56.7 Å². The first-order valence-corrected chi connectivity index (χ1v) is 7.62. The molecular formula is C12H21NO3S. The number of hydrogen-bond acceptors (Lipinski definition) is 3. The van der Waals surface area contributed by atoms with Crippen LogP contribution < -0.4 is 5.73 Å². The summed E-state index contributed by atoms with van der Waals surface area (Å²) < 4.78 is 32.2. The quantitative estimate of drug-likeness (QED) is 0.599. The van der Waals surface area contributed by atoms with Crippen LogP contribution in [0.5, 0.6) is 0 Å². The van der Waals surface area contributed by atoms with Gasteiger partial charge in [0.1, 0.15) is 0 Å². The number of allylic oxidation sites excluding steroid dienone is 2. The fourth-order valence-electron chi connectivity index (χ4n) is 2.78. The summed E-state index contributed by atoms with van der Waals surface area (Å²) in [5.74, 6) is -0.0267. The van der Waals surface area contributed by atoms with Crippen molar-refractivity contribution in [1.29, 1.82) is 0 Å². The van der Waals surface area contributed by atoms with Gasteiger partial charge in [-0.2, -0.15) is 8.42 Å². The fraction of sp³-hybridized carbons (Fsp3) is 0.833. The third kappa shape index (κ3) is 2.89. The lowest BCUT2D eigenvalue weighted by Gasteiger charge is -2.32. The second kappa shape index (κ2) is 4.07. The summed E-state index contributed by atoms with van der Waals surface area (Å²) in [6, 6.07) is 0. The van der Waals surface area contributed by atoms with E-state index in [4.69, 9.17) is 5.73 Å². The summed E-state index contributed by atoms with van der Waals surface area (Å²) in [4.78, 5) is 0. The smallest absolute Gasteiger partial charge is 0.268 e. The number of hydrogen-bond donors (Lipinski definition) is 2. The molecule has 2 atom stereocenters. The predicted octanol–water partition coefficient (Wildman–Crippen LogP) is 1.87. The highest BCUT2D eigenvalue weighted by Gasteiger charge is 2.45.